The van der Waals surface area contributed by atoms with Gasteiger partial charge in [0.2, 0.25) is 0 Å². The van der Waals surface area contributed by atoms with Gasteiger partial charge in [-0.25, -0.2) is 0 Å². The van der Waals surface area contributed by atoms with Crippen LogP contribution in [0.15, 0.2) is 0 Å². The highest BCUT2D eigenvalue weighted by Gasteiger charge is 2.26. The van der Waals surface area contributed by atoms with Gasteiger partial charge in [0.05, 0.1) is 5.69 Å². The second kappa shape index (κ2) is 3.01. The third kappa shape index (κ3) is 1.41. The van der Waals surface area contributed by atoms with Gasteiger partial charge < -0.3 is 5.32 Å². The number of aromatic nitrogens is 2. The summed E-state index contributed by atoms with van der Waals surface area (Å²) >= 11 is 0. The predicted octanol–water partition coefficient (Wildman–Crippen LogP) is 2.08. The summed E-state index contributed by atoms with van der Waals surface area (Å²) in [5.74, 6) is 1.22. The lowest BCUT2D eigenvalue weighted by molar-refractivity contribution is 0.548. The topological polar surface area (TPSA) is 29.9 Å². The summed E-state index contributed by atoms with van der Waals surface area (Å²) in [7, 11) is 2.02. The van der Waals surface area contributed by atoms with E-state index in [1.165, 1.54) is 29.9 Å². The highest BCUT2D eigenvalue weighted by Crippen LogP contribution is 2.32. The summed E-state index contributed by atoms with van der Waals surface area (Å²) in [6, 6.07) is 0. The third-order valence-corrected chi connectivity index (χ3v) is 2.75. The number of anilines is 1. The molecule has 0 bridgehead atoms. The first-order chi connectivity index (χ1) is 6.50. The van der Waals surface area contributed by atoms with E-state index in [9.17, 15) is 0 Å². The number of hydrogen-bond donors (Lipinski definition) is 1. The van der Waals surface area contributed by atoms with Gasteiger partial charge in [-0.15, -0.1) is 0 Å². The van der Waals surface area contributed by atoms with E-state index in [2.05, 4.69) is 31.2 Å². The smallest absolute Gasteiger partial charge is 0.127 e. The van der Waals surface area contributed by atoms with Gasteiger partial charge in [0.1, 0.15) is 5.82 Å². The molecule has 0 spiro atoms. The predicted molar refractivity (Wildman–Crippen MR) is 58.7 cm³/mol. The lowest BCUT2D eigenvalue weighted by Gasteiger charge is -2.20. The van der Waals surface area contributed by atoms with Gasteiger partial charge in [-0.2, -0.15) is 5.10 Å². The molecule has 0 radical (unpaired) electrons. The van der Waals surface area contributed by atoms with Gasteiger partial charge in [-0.05, 0) is 12.8 Å². The minimum Gasteiger partial charge on any atom is -0.370 e. The molecule has 1 aliphatic rings. The maximum atomic E-state index is 4.62. The van der Waals surface area contributed by atoms with E-state index in [4.69, 9.17) is 0 Å². The van der Waals surface area contributed by atoms with Crippen molar-refractivity contribution in [3.05, 3.63) is 11.3 Å². The number of hydrogen-bond acceptors (Lipinski definition) is 2. The third-order valence-electron chi connectivity index (χ3n) is 2.75. The van der Waals surface area contributed by atoms with Crippen LogP contribution in [0.4, 0.5) is 5.82 Å². The van der Waals surface area contributed by atoms with Crippen molar-refractivity contribution in [2.24, 2.45) is 7.05 Å². The van der Waals surface area contributed by atoms with Gasteiger partial charge in [-0.1, -0.05) is 20.8 Å². The molecule has 1 aromatic rings. The van der Waals surface area contributed by atoms with E-state index in [1.54, 1.807) is 0 Å². The molecule has 3 nitrogen and oxygen atoms in total. The van der Waals surface area contributed by atoms with Crippen LogP contribution in [0.1, 0.15) is 38.4 Å². The summed E-state index contributed by atoms with van der Waals surface area (Å²) < 4.78 is 1.98. The molecule has 78 valence electrons. The number of nitrogens with one attached hydrogen (secondary N) is 1. The van der Waals surface area contributed by atoms with Crippen LogP contribution in [0.3, 0.4) is 0 Å². The SMILES string of the molecule is Cn1nc(C(C)(C)C)c2c1NCCC2. The molecule has 0 amide bonds. The number of rotatable bonds is 0. The van der Waals surface area contributed by atoms with Crippen LogP contribution in [-0.2, 0) is 18.9 Å². The summed E-state index contributed by atoms with van der Waals surface area (Å²) in [5, 5.41) is 8.04. The molecule has 0 aliphatic carbocycles. The summed E-state index contributed by atoms with van der Waals surface area (Å²) in [6.45, 7) is 7.76. The fourth-order valence-electron chi connectivity index (χ4n) is 2.10. The average Bonchev–Trinajstić information content (AvgIpc) is 2.44. The molecule has 3 heteroatoms. The summed E-state index contributed by atoms with van der Waals surface area (Å²) in [5.41, 5.74) is 2.83. The fraction of sp³-hybridized carbons (Fsp3) is 0.727. The molecule has 2 heterocycles. The van der Waals surface area contributed by atoms with Crippen molar-refractivity contribution in [2.45, 2.75) is 39.0 Å². The average molecular weight is 193 g/mol. The van der Waals surface area contributed by atoms with Gasteiger partial charge >= 0.3 is 0 Å². The molecule has 2 rings (SSSR count). The molecule has 0 fully saturated rings. The second-order valence-electron chi connectivity index (χ2n) is 5.08. The standard InChI is InChI=1S/C11H19N3/c1-11(2,3)9-8-6-5-7-12-10(8)14(4)13-9/h12H,5-7H2,1-4H3. The molecular weight excluding hydrogens is 174 g/mol. The Balaban J connectivity index is 2.52. The zero-order valence-electron chi connectivity index (χ0n) is 9.52. The Kier molecular flexibility index (Phi) is 2.05. The first kappa shape index (κ1) is 9.56. The number of fused-ring (bicyclic) bond motifs is 1. The maximum Gasteiger partial charge on any atom is 0.127 e. The Morgan fingerprint density at radius 1 is 1.36 bits per heavy atom. The van der Waals surface area contributed by atoms with Crippen LogP contribution in [0.25, 0.3) is 0 Å². The van der Waals surface area contributed by atoms with E-state index >= 15 is 0 Å². The molecule has 1 aromatic heterocycles. The molecule has 0 saturated carbocycles. The van der Waals surface area contributed by atoms with Gasteiger partial charge in [-0.3, -0.25) is 4.68 Å². The minimum absolute atomic E-state index is 0.157. The lowest BCUT2D eigenvalue weighted by Crippen LogP contribution is -2.17. The number of nitrogens with zero attached hydrogens (tertiary/aromatic N) is 2. The van der Waals surface area contributed by atoms with Crippen molar-refractivity contribution in [3.8, 4) is 0 Å². The van der Waals surface area contributed by atoms with Crippen LogP contribution in [0, 0.1) is 0 Å². The van der Waals surface area contributed by atoms with Gasteiger partial charge in [0, 0.05) is 24.6 Å². The first-order valence-corrected chi connectivity index (χ1v) is 5.30. The Labute approximate surface area is 85.5 Å². The van der Waals surface area contributed by atoms with E-state index in [0.29, 0.717) is 0 Å². The Morgan fingerprint density at radius 2 is 2.07 bits per heavy atom. The van der Waals surface area contributed by atoms with E-state index in [0.717, 1.165) is 6.54 Å². The Hall–Kier alpha value is -0.990. The van der Waals surface area contributed by atoms with Gasteiger partial charge in [0.25, 0.3) is 0 Å². The first-order valence-electron chi connectivity index (χ1n) is 5.30. The monoisotopic (exact) mass is 193 g/mol. The van der Waals surface area contributed by atoms with E-state index < -0.39 is 0 Å². The van der Waals surface area contributed by atoms with Crippen LogP contribution in [0.5, 0.6) is 0 Å². The molecule has 0 saturated heterocycles. The Morgan fingerprint density at radius 3 is 2.71 bits per heavy atom. The van der Waals surface area contributed by atoms with Crippen LogP contribution >= 0.6 is 0 Å². The van der Waals surface area contributed by atoms with Crippen molar-refractivity contribution in [1.82, 2.24) is 9.78 Å². The van der Waals surface area contributed by atoms with E-state index in [-0.39, 0.29) is 5.41 Å². The van der Waals surface area contributed by atoms with Crippen molar-refractivity contribution >= 4 is 5.82 Å². The molecule has 0 atom stereocenters. The quantitative estimate of drug-likeness (QED) is 0.683. The highest BCUT2D eigenvalue weighted by atomic mass is 15.3. The zero-order valence-corrected chi connectivity index (χ0v) is 9.52. The van der Waals surface area contributed by atoms with Gasteiger partial charge in [0.15, 0.2) is 0 Å². The van der Waals surface area contributed by atoms with Crippen LogP contribution < -0.4 is 5.32 Å². The normalized spacial score (nSPS) is 16.3. The lowest BCUT2D eigenvalue weighted by atomic mass is 9.87. The Bertz CT molecular complexity index is 344. The largest absolute Gasteiger partial charge is 0.370 e. The fourth-order valence-corrected chi connectivity index (χ4v) is 2.10. The highest BCUT2D eigenvalue weighted by molar-refractivity contribution is 5.51. The molecule has 1 N–H and O–H groups in total. The minimum atomic E-state index is 0.157. The molecule has 0 aromatic carbocycles. The van der Waals surface area contributed by atoms with Crippen molar-refractivity contribution in [1.29, 1.82) is 0 Å². The van der Waals surface area contributed by atoms with E-state index in [1.807, 2.05) is 11.7 Å². The van der Waals surface area contributed by atoms with Crippen molar-refractivity contribution < 1.29 is 0 Å². The molecule has 1 aliphatic heterocycles. The summed E-state index contributed by atoms with van der Waals surface area (Å²) in [6.07, 6.45) is 2.39. The van der Waals surface area contributed by atoms with Crippen LogP contribution in [0.2, 0.25) is 0 Å². The molecule has 0 unspecified atom stereocenters. The molecule has 14 heavy (non-hydrogen) atoms. The zero-order chi connectivity index (χ0) is 10.3. The van der Waals surface area contributed by atoms with Crippen molar-refractivity contribution in [3.63, 3.8) is 0 Å². The second-order valence-corrected chi connectivity index (χ2v) is 5.08. The molecular formula is C11H19N3. The van der Waals surface area contributed by atoms with Crippen molar-refractivity contribution in [2.75, 3.05) is 11.9 Å². The summed E-state index contributed by atoms with van der Waals surface area (Å²) in [4.78, 5) is 0. The number of aryl methyl sites for hydroxylation is 1. The van der Waals surface area contributed by atoms with Crippen LogP contribution in [-0.4, -0.2) is 16.3 Å². The maximum absolute atomic E-state index is 4.62.